The highest BCUT2D eigenvalue weighted by atomic mass is 32.1. The molecule has 0 bridgehead atoms. The van der Waals surface area contributed by atoms with Gasteiger partial charge in [-0.05, 0) is 25.0 Å². The number of aromatic nitrogens is 1. The lowest BCUT2D eigenvalue weighted by Gasteiger charge is -2.05. The van der Waals surface area contributed by atoms with Crippen molar-refractivity contribution in [2.45, 2.75) is 26.9 Å². The lowest BCUT2D eigenvalue weighted by Crippen LogP contribution is -2.09. The van der Waals surface area contributed by atoms with Crippen LogP contribution >= 0.6 is 11.3 Å². The van der Waals surface area contributed by atoms with E-state index in [0.29, 0.717) is 6.42 Å². The highest BCUT2D eigenvalue weighted by molar-refractivity contribution is 7.13. The molecule has 3 aromatic rings. The van der Waals surface area contributed by atoms with Gasteiger partial charge in [0.15, 0.2) is 0 Å². The average Bonchev–Trinajstić information content (AvgIpc) is 3.05. The Labute approximate surface area is 146 Å². The van der Waals surface area contributed by atoms with Crippen LogP contribution in [0.5, 0.6) is 0 Å². The van der Waals surface area contributed by atoms with Gasteiger partial charge < -0.3 is 4.74 Å². The van der Waals surface area contributed by atoms with E-state index in [-0.39, 0.29) is 12.6 Å². The molecule has 4 heteroatoms. The van der Waals surface area contributed by atoms with Crippen LogP contribution in [0.2, 0.25) is 0 Å². The van der Waals surface area contributed by atoms with Crippen molar-refractivity contribution in [1.29, 1.82) is 0 Å². The number of hydrogen-bond donors (Lipinski definition) is 0. The summed E-state index contributed by atoms with van der Waals surface area (Å²) in [4.78, 5) is 16.6. The third-order valence-corrected chi connectivity index (χ3v) is 4.77. The Kier molecular flexibility index (Phi) is 5.06. The zero-order chi connectivity index (χ0) is 16.9. The van der Waals surface area contributed by atoms with Crippen molar-refractivity contribution in [2.24, 2.45) is 0 Å². The SMILES string of the molecule is Cc1ccc(-c2nc(COC(=O)Cc3ccccc3C)cs2)cc1. The van der Waals surface area contributed by atoms with Crippen LogP contribution in [0.4, 0.5) is 0 Å². The minimum Gasteiger partial charge on any atom is -0.459 e. The third kappa shape index (κ3) is 4.09. The molecule has 0 saturated carbocycles. The number of thiazole rings is 1. The van der Waals surface area contributed by atoms with Gasteiger partial charge in [-0.1, -0.05) is 54.1 Å². The Morgan fingerprint density at radius 3 is 2.58 bits per heavy atom. The van der Waals surface area contributed by atoms with Crippen molar-refractivity contribution in [1.82, 2.24) is 4.98 Å². The highest BCUT2D eigenvalue weighted by Gasteiger charge is 2.09. The number of rotatable bonds is 5. The monoisotopic (exact) mass is 337 g/mol. The van der Waals surface area contributed by atoms with Crippen LogP contribution in [0.15, 0.2) is 53.9 Å². The zero-order valence-electron chi connectivity index (χ0n) is 13.8. The molecule has 0 N–H and O–H groups in total. The van der Waals surface area contributed by atoms with Crippen LogP contribution in [-0.2, 0) is 22.6 Å². The number of carbonyl (C=O) groups is 1. The molecule has 3 nitrogen and oxygen atoms in total. The molecule has 3 rings (SSSR count). The number of benzene rings is 2. The van der Waals surface area contributed by atoms with Crippen molar-refractivity contribution in [3.63, 3.8) is 0 Å². The summed E-state index contributed by atoms with van der Waals surface area (Å²) in [6, 6.07) is 16.1. The van der Waals surface area contributed by atoms with Crippen molar-refractivity contribution >= 4 is 17.3 Å². The molecule has 24 heavy (non-hydrogen) atoms. The van der Waals surface area contributed by atoms with Crippen molar-refractivity contribution in [2.75, 3.05) is 0 Å². The van der Waals surface area contributed by atoms with Crippen LogP contribution < -0.4 is 0 Å². The Bertz CT molecular complexity index is 837. The van der Waals surface area contributed by atoms with Gasteiger partial charge in [0.1, 0.15) is 11.6 Å². The Morgan fingerprint density at radius 1 is 1.08 bits per heavy atom. The van der Waals surface area contributed by atoms with Gasteiger partial charge in [-0.25, -0.2) is 4.98 Å². The van der Waals surface area contributed by atoms with Crippen LogP contribution in [0.1, 0.15) is 22.4 Å². The molecule has 0 spiro atoms. The predicted molar refractivity (Wildman–Crippen MR) is 97.0 cm³/mol. The first-order valence-corrected chi connectivity index (χ1v) is 8.71. The van der Waals surface area contributed by atoms with Crippen LogP contribution in [-0.4, -0.2) is 11.0 Å². The number of hydrogen-bond acceptors (Lipinski definition) is 4. The maximum absolute atomic E-state index is 12.0. The van der Waals surface area contributed by atoms with E-state index in [2.05, 4.69) is 36.2 Å². The summed E-state index contributed by atoms with van der Waals surface area (Å²) in [5.74, 6) is -0.228. The molecule has 0 aliphatic rings. The fourth-order valence-electron chi connectivity index (χ4n) is 2.37. The second kappa shape index (κ2) is 7.41. The van der Waals surface area contributed by atoms with Crippen LogP contribution in [0.25, 0.3) is 10.6 Å². The number of nitrogens with zero attached hydrogens (tertiary/aromatic N) is 1. The molecule has 2 aromatic carbocycles. The zero-order valence-corrected chi connectivity index (χ0v) is 14.6. The molecular weight excluding hydrogens is 318 g/mol. The maximum atomic E-state index is 12.0. The van der Waals surface area contributed by atoms with Gasteiger partial charge in [0.2, 0.25) is 0 Å². The normalized spacial score (nSPS) is 10.6. The minimum atomic E-state index is -0.228. The highest BCUT2D eigenvalue weighted by Crippen LogP contribution is 2.24. The molecular formula is C20H19NO2S. The number of aryl methyl sites for hydroxylation is 2. The van der Waals surface area contributed by atoms with Crippen LogP contribution in [0.3, 0.4) is 0 Å². The Balaban J connectivity index is 1.58. The van der Waals surface area contributed by atoms with Crippen molar-refractivity contribution in [3.05, 3.63) is 76.3 Å². The summed E-state index contributed by atoms with van der Waals surface area (Å²) in [7, 11) is 0. The maximum Gasteiger partial charge on any atom is 0.310 e. The van der Waals surface area contributed by atoms with E-state index in [1.165, 1.54) is 5.56 Å². The quantitative estimate of drug-likeness (QED) is 0.633. The standard InChI is InChI=1S/C20H19NO2S/c1-14-7-9-16(10-8-14)20-21-18(13-24-20)12-23-19(22)11-17-6-4-3-5-15(17)2/h3-10,13H,11-12H2,1-2H3. The Morgan fingerprint density at radius 2 is 1.83 bits per heavy atom. The van der Waals surface area contributed by atoms with Crippen LogP contribution in [0, 0.1) is 13.8 Å². The third-order valence-electron chi connectivity index (χ3n) is 3.83. The summed E-state index contributed by atoms with van der Waals surface area (Å²) >= 11 is 1.56. The summed E-state index contributed by atoms with van der Waals surface area (Å²) in [6.45, 7) is 4.27. The Hall–Kier alpha value is -2.46. The smallest absolute Gasteiger partial charge is 0.310 e. The first-order valence-electron chi connectivity index (χ1n) is 7.83. The lowest BCUT2D eigenvalue weighted by molar-refractivity contribution is -0.144. The van der Waals surface area contributed by atoms with Gasteiger partial charge in [-0.3, -0.25) is 4.79 Å². The fraction of sp³-hybridized carbons (Fsp3) is 0.200. The predicted octanol–water partition coefficient (Wildman–Crippen LogP) is 4.71. The second-order valence-electron chi connectivity index (χ2n) is 5.77. The van der Waals surface area contributed by atoms with Gasteiger partial charge in [0.05, 0.1) is 12.1 Å². The van der Waals surface area contributed by atoms with Gasteiger partial charge >= 0.3 is 5.97 Å². The van der Waals surface area contributed by atoms with E-state index < -0.39 is 0 Å². The van der Waals surface area contributed by atoms with E-state index >= 15 is 0 Å². The van der Waals surface area contributed by atoms with E-state index in [4.69, 9.17) is 4.74 Å². The van der Waals surface area contributed by atoms with E-state index in [1.54, 1.807) is 11.3 Å². The molecule has 122 valence electrons. The van der Waals surface area contributed by atoms with Crippen molar-refractivity contribution < 1.29 is 9.53 Å². The summed E-state index contributed by atoms with van der Waals surface area (Å²) in [5, 5.41) is 2.89. The molecule has 0 atom stereocenters. The molecule has 0 aliphatic heterocycles. The van der Waals surface area contributed by atoms with Gasteiger partial charge in [-0.2, -0.15) is 0 Å². The molecule has 0 fully saturated rings. The largest absolute Gasteiger partial charge is 0.459 e. The summed E-state index contributed by atoms with van der Waals surface area (Å²) in [6.07, 6.45) is 0.293. The first-order chi connectivity index (χ1) is 11.6. The van der Waals surface area contributed by atoms with Gasteiger partial charge in [0.25, 0.3) is 0 Å². The number of esters is 1. The molecule has 1 heterocycles. The molecule has 0 amide bonds. The topological polar surface area (TPSA) is 39.2 Å². The van der Waals surface area contributed by atoms with Gasteiger partial charge in [0, 0.05) is 10.9 Å². The summed E-state index contributed by atoms with van der Waals surface area (Å²) in [5.41, 5.74) is 5.20. The number of carbonyl (C=O) groups excluding carboxylic acids is 1. The van der Waals surface area contributed by atoms with E-state index in [1.807, 2.05) is 36.6 Å². The van der Waals surface area contributed by atoms with Gasteiger partial charge in [-0.15, -0.1) is 11.3 Å². The fourth-order valence-corrected chi connectivity index (χ4v) is 3.18. The first kappa shape index (κ1) is 16.4. The average molecular weight is 337 g/mol. The minimum absolute atomic E-state index is 0.215. The van der Waals surface area contributed by atoms with E-state index in [9.17, 15) is 4.79 Å². The second-order valence-corrected chi connectivity index (χ2v) is 6.63. The lowest BCUT2D eigenvalue weighted by atomic mass is 10.1. The number of ether oxygens (including phenoxy) is 1. The molecule has 0 radical (unpaired) electrons. The molecule has 1 aromatic heterocycles. The summed E-state index contributed by atoms with van der Waals surface area (Å²) < 4.78 is 5.36. The molecule has 0 aliphatic carbocycles. The van der Waals surface area contributed by atoms with Crippen molar-refractivity contribution in [3.8, 4) is 10.6 Å². The molecule has 0 unspecified atom stereocenters. The van der Waals surface area contributed by atoms with E-state index in [0.717, 1.165) is 27.4 Å². The molecule has 0 saturated heterocycles.